The predicted octanol–water partition coefficient (Wildman–Crippen LogP) is 0.716. The Morgan fingerprint density at radius 3 is 2.48 bits per heavy atom. The smallest absolute Gasteiger partial charge is 0.246 e. The van der Waals surface area contributed by atoms with Crippen LogP contribution in [0.4, 0.5) is 10.2 Å². The second-order valence-corrected chi connectivity index (χ2v) is 8.17. The third-order valence-electron chi connectivity index (χ3n) is 4.60. The summed E-state index contributed by atoms with van der Waals surface area (Å²) in [5.74, 6) is 0.699. The molecule has 0 bridgehead atoms. The summed E-state index contributed by atoms with van der Waals surface area (Å²) in [7, 11) is -2.54. The van der Waals surface area contributed by atoms with Crippen LogP contribution in [0.5, 0.6) is 5.75 Å². The van der Waals surface area contributed by atoms with Crippen molar-refractivity contribution in [3.63, 3.8) is 0 Å². The van der Waals surface area contributed by atoms with Gasteiger partial charge in [-0.25, -0.2) is 32.4 Å². The van der Waals surface area contributed by atoms with E-state index >= 15 is 0 Å². The molecule has 0 unspecified atom stereocenters. The van der Waals surface area contributed by atoms with Crippen LogP contribution in [0.1, 0.15) is 0 Å². The van der Waals surface area contributed by atoms with Crippen molar-refractivity contribution in [1.29, 1.82) is 0 Å². The molecule has 152 valence electrons. The Morgan fingerprint density at radius 2 is 1.79 bits per heavy atom. The summed E-state index contributed by atoms with van der Waals surface area (Å²) >= 11 is 0. The normalized spacial score (nSPS) is 15.4. The molecule has 0 N–H and O–H groups in total. The first-order valence-electron chi connectivity index (χ1n) is 8.75. The zero-order valence-corrected chi connectivity index (χ0v) is 16.3. The molecule has 0 atom stereocenters. The van der Waals surface area contributed by atoms with Gasteiger partial charge in [-0.05, 0) is 18.2 Å². The number of aromatic nitrogens is 5. The van der Waals surface area contributed by atoms with E-state index in [1.165, 1.54) is 41.1 Å². The quantitative estimate of drug-likeness (QED) is 0.595. The molecule has 3 aromatic rings. The summed E-state index contributed by atoms with van der Waals surface area (Å²) in [4.78, 5) is 14.1. The fraction of sp³-hybridized carbons (Fsp3) is 0.294. The van der Waals surface area contributed by atoms with Crippen LogP contribution in [0, 0.1) is 5.82 Å². The lowest BCUT2D eigenvalue weighted by Gasteiger charge is -2.34. The van der Waals surface area contributed by atoms with Gasteiger partial charge in [0.05, 0.1) is 7.11 Å². The molecule has 2 aromatic heterocycles. The Hall–Kier alpha value is -3.12. The number of hydrogen-bond donors (Lipinski definition) is 0. The number of piperazine rings is 1. The summed E-state index contributed by atoms with van der Waals surface area (Å²) in [6.45, 7) is 1.30. The maximum Gasteiger partial charge on any atom is 0.246 e. The van der Waals surface area contributed by atoms with Gasteiger partial charge in [-0.1, -0.05) is 0 Å². The predicted molar refractivity (Wildman–Crippen MR) is 101 cm³/mol. The number of sulfonamides is 1. The van der Waals surface area contributed by atoms with E-state index in [4.69, 9.17) is 4.74 Å². The summed E-state index contributed by atoms with van der Waals surface area (Å²) < 4.78 is 47.6. The van der Waals surface area contributed by atoms with Crippen LogP contribution in [0.2, 0.25) is 0 Å². The van der Waals surface area contributed by atoms with Gasteiger partial charge in [-0.3, -0.25) is 0 Å². The number of rotatable bonds is 5. The molecule has 1 aliphatic heterocycles. The Kier molecular flexibility index (Phi) is 5.11. The standard InChI is InChI=1S/C17H18FN7O3S/c1-28-14-3-2-13(18)8-15(14)29(26,27)24-6-4-23(5-7-24)16-9-17(21-11-20-16)25-12-19-10-22-25/h2-3,8-12H,4-7H2,1H3. The number of hydrogen-bond acceptors (Lipinski definition) is 8. The molecule has 29 heavy (non-hydrogen) atoms. The molecule has 10 nitrogen and oxygen atoms in total. The van der Waals surface area contributed by atoms with Gasteiger partial charge in [-0.15, -0.1) is 0 Å². The van der Waals surface area contributed by atoms with Crippen LogP contribution < -0.4 is 9.64 Å². The van der Waals surface area contributed by atoms with Crippen LogP contribution in [0.25, 0.3) is 5.82 Å². The monoisotopic (exact) mass is 419 g/mol. The zero-order valence-electron chi connectivity index (χ0n) is 15.5. The molecule has 12 heteroatoms. The van der Waals surface area contributed by atoms with Crippen molar-refractivity contribution in [3.8, 4) is 11.6 Å². The van der Waals surface area contributed by atoms with Crippen molar-refractivity contribution in [3.05, 3.63) is 49.1 Å². The average molecular weight is 419 g/mol. The molecule has 0 spiro atoms. The van der Waals surface area contributed by atoms with Gasteiger partial charge >= 0.3 is 0 Å². The van der Waals surface area contributed by atoms with E-state index in [2.05, 4.69) is 20.1 Å². The molecule has 0 saturated carbocycles. The average Bonchev–Trinajstić information content (AvgIpc) is 3.29. The summed E-state index contributed by atoms with van der Waals surface area (Å²) in [5.41, 5.74) is 0. The van der Waals surface area contributed by atoms with E-state index in [0.29, 0.717) is 24.7 Å². The number of methoxy groups -OCH3 is 1. The topological polar surface area (TPSA) is 106 Å². The summed E-state index contributed by atoms with van der Waals surface area (Å²) in [6, 6.07) is 5.21. The highest BCUT2D eigenvalue weighted by atomic mass is 32.2. The van der Waals surface area contributed by atoms with E-state index < -0.39 is 15.8 Å². The van der Waals surface area contributed by atoms with Crippen LogP contribution in [-0.2, 0) is 10.0 Å². The van der Waals surface area contributed by atoms with Crippen molar-refractivity contribution in [2.75, 3.05) is 38.2 Å². The Bertz CT molecular complexity index is 1100. The fourth-order valence-corrected chi connectivity index (χ4v) is 4.70. The van der Waals surface area contributed by atoms with Crippen LogP contribution >= 0.6 is 0 Å². The molecular formula is C17H18FN7O3S. The highest BCUT2D eigenvalue weighted by Gasteiger charge is 2.31. The molecular weight excluding hydrogens is 401 g/mol. The Balaban J connectivity index is 1.51. The second-order valence-electron chi connectivity index (χ2n) is 6.26. The van der Waals surface area contributed by atoms with Gasteiger partial charge in [0.2, 0.25) is 10.0 Å². The molecule has 1 aliphatic rings. The molecule has 1 aromatic carbocycles. The van der Waals surface area contributed by atoms with Crippen molar-refractivity contribution in [1.82, 2.24) is 29.0 Å². The summed E-state index contributed by atoms with van der Waals surface area (Å²) in [6.07, 6.45) is 4.36. The number of ether oxygens (including phenoxy) is 1. The van der Waals surface area contributed by atoms with Gasteiger partial charge in [0, 0.05) is 32.2 Å². The van der Waals surface area contributed by atoms with Crippen LogP contribution in [-0.4, -0.2) is 70.7 Å². The minimum absolute atomic E-state index is 0.113. The van der Waals surface area contributed by atoms with Crippen LogP contribution in [0.15, 0.2) is 48.1 Å². The van der Waals surface area contributed by atoms with E-state index in [0.717, 1.165) is 12.1 Å². The lowest BCUT2D eigenvalue weighted by atomic mass is 10.3. The number of anilines is 1. The largest absolute Gasteiger partial charge is 0.495 e. The van der Waals surface area contributed by atoms with Crippen molar-refractivity contribution in [2.45, 2.75) is 4.90 Å². The maximum absolute atomic E-state index is 13.6. The zero-order chi connectivity index (χ0) is 20.4. The first-order valence-corrected chi connectivity index (χ1v) is 10.2. The highest BCUT2D eigenvalue weighted by Crippen LogP contribution is 2.28. The SMILES string of the molecule is COc1ccc(F)cc1S(=O)(=O)N1CCN(c2cc(-n3cncn3)ncn2)CC1. The molecule has 1 fully saturated rings. The van der Waals surface area contributed by atoms with Crippen LogP contribution in [0.3, 0.4) is 0 Å². The maximum atomic E-state index is 13.6. The van der Waals surface area contributed by atoms with Gasteiger partial charge in [-0.2, -0.15) is 9.40 Å². The van der Waals surface area contributed by atoms with Gasteiger partial charge in [0.25, 0.3) is 0 Å². The summed E-state index contributed by atoms with van der Waals surface area (Å²) in [5, 5.41) is 4.04. The minimum Gasteiger partial charge on any atom is -0.495 e. The first-order chi connectivity index (χ1) is 14.0. The van der Waals surface area contributed by atoms with Gasteiger partial charge in [0.15, 0.2) is 5.82 Å². The lowest BCUT2D eigenvalue weighted by Crippen LogP contribution is -2.49. The van der Waals surface area contributed by atoms with Gasteiger partial charge in [0.1, 0.15) is 41.3 Å². The third-order valence-corrected chi connectivity index (χ3v) is 6.52. The van der Waals surface area contributed by atoms with Gasteiger partial charge < -0.3 is 9.64 Å². The first kappa shape index (κ1) is 19.2. The Morgan fingerprint density at radius 1 is 1.03 bits per heavy atom. The third kappa shape index (κ3) is 3.76. The van der Waals surface area contributed by atoms with E-state index in [-0.39, 0.29) is 23.7 Å². The van der Waals surface area contributed by atoms with E-state index in [9.17, 15) is 12.8 Å². The van der Waals surface area contributed by atoms with Crippen molar-refractivity contribution in [2.24, 2.45) is 0 Å². The lowest BCUT2D eigenvalue weighted by molar-refractivity contribution is 0.372. The molecule has 3 heterocycles. The molecule has 1 saturated heterocycles. The number of halogens is 1. The van der Waals surface area contributed by atoms with E-state index in [1.54, 1.807) is 6.07 Å². The minimum atomic E-state index is -3.89. The molecule has 0 amide bonds. The molecule has 0 aliphatic carbocycles. The van der Waals surface area contributed by atoms with E-state index in [1.807, 2.05) is 4.90 Å². The number of nitrogens with zero attached hydrogens (tertiary/aromatic N) is 7. The van der Waals surface area contributed by atoms with Crippen molar-refractivity contribution < 1.29 is 17.5 Å². The fourth-order valence-electron chi connectivity index (χ4n) is 3.11. The highest BCUT2D eigenvalue weighted by molar-refractivity contribution is 7.89. The van der Waals surface area contributed by atoms with Crippen molar-refractivity contribution >= 4 is 15.8 Å². The Labute approximate surface area is 166 Å². The molecule has 4 rings (SSSR count). The second kappa shape index (κ2) is 7.72. The number of benzene rings is 1. The molecule has 0 radical (unpaired) electrons.